The maximum Gasteiger partial charge on any atom is 0.409 e. The Morgan fingerprint density at radius 3 is 2.57 bits per heavy atom. The lowest BCUT2D eigenvalue weighted by atomic mass is 9.57. The van der Waals surface area contributed by atoms with Gasteiger partial charge < -0.3 is 20.3 Å². The third kappa shape index (κ3) is 3.60. The second-order valence-electron chi connectivity index (χ2n) is 7.95. The van der Waals surface area contributed by atoms with Crippen LogP contribution in [0.4, 0.5) is 10.5 Å². The van der Waals surface area contributed by atoms with Gasteiger partial charge in [-0.05, 0) is 68.7 Å². The van der Waals surface area contributed by atoms with Gasteiger partial charge in [-0.1, -0.05) is 18.2 Å². The number of ether oxygens (including phenoxy) is 1. The van der Waals surface area contributed by atoms with E-state index in [1.165, 1.54) is 0 Å². The number of likely N-dealkylation sites (tertiary alicyclic amines) is 1. The third-order valence-electron chi connectivity index (χ3n) is 6.74. The summed E-state index contributed by atoms with van der Waals surface area (Å²) in [6, 6.07) is 8.09. The molecule has 7 heteroatoms. The van der Waals surface area contributed by atoms with E-state index in [4.69, 9.17) is 4.74 Å². The summed E-state index contributed by atoms with van der Waals surface area (Å²) in [4.78, 5) is 27.1. The number of halogens is 1. The first-order chi connectivity index (χ1) is 13.2. The number of hydrogen-bond acceptors (Lipinski definition) is 4. The maximum absolute atomic E-state index is 13.1. The van der Waals surface area contributed by atoms with Crippen molar-refractivity contribution in [1.82, 2.24) is 10.2 Å². The molecule has 2 amide bonds. The monoisotopic (exact) mass is 407 g/mol. The van der Waals surface area contributed by atoms with Crippen LogP contribution in [0.15, 0.2) is 24.3 Å². The van der Waals surface area contributed by atoms with Gasteiger partial charge in [-0.15, -0.1) is 12.4 Å². The van der Waals surface area contributed by atoms with Crippen LogP contribution in [0.3, 0.4) is 0 Å². The minimum absolute atomic E-state index is 0. The van der Waals surface area contributed by atoms with Crippen molar-refractivity contribution in [2.75, 3.05) is 38.1 Å². The smallest absolute Gasteiger partial charge is 0.409 e. The zero-order valence-corrected chi connectivity index (χ0v) is 17.2. The molecule has 4 rings (SSSR count). The molecule has 1 aromatic rings. The second-order valence-corrected chi connectivity index (χ2v) is 7.95. The van der Waals surface area contributed by atoms with Crippen molar-refractivity contribution in [3.05, 3.63) is 29.8 Å². The fourth-order valence-electron chi connectivity index (χ4n) is 5.43. The molecule has 3 aliphatic heterocycles. The maximum atomic E-state index is 13.1. The molecule has 0 saturated carbocycles. The Labute approximate surface area is 172 Å². The molecule has 0 aliphatic carbocycles. The number of anilines is 1. The topological polar surface area (TPSA) is 70.7 Å². The Balaban J connectivity index is 0.00000225. The molecule has 6 nitrogen and oxygen atoms in total. The summed E-state index contributed by atoms with van der Waals surface area (Å²) < 4.78 is 5.20. The van der Waals surface area contributed by atoms with Crippen molar-refractivity contribution < 1.29 is 14.3 Å². The first kappa shape index (κ1) is 20.9. The molecule has 0 bridgehead atoms. The van der Waals surface area contributed by atoms with E-state index in [1.54, 1.807) is 0 Å². The molecule has 0 radical (unpaired) electrons. The van der Waals surface area contributed by atoms with Crippen LogP contribution < -0.4 is 10.6 Å². The average molecular weight is 408 g/mol. The zero-order chi connectivity index (χ0) is 18.9. The number of para-hydroxylation sites is 1. The number of carbonyl (C=O) groups is 2. The molecule has 2 saturated heterocycles. The SMILES string of the molecule is CCOC(=O)N1CCC(C2CCNCC2)(C2C(=O)Nc3ccccc32)CC1.Cl. The Morgan fingerprint density at radius 2 is 1.89 bits per heavy atom. The average Bonchev–Trinajstić information content (AvgIpc) is 3.05. The number of piperidine rings is 2. The summed E-state index contributed by atoms with van der Waals surface area (Å²) in [5.41, 5.74) is 1.99. The number of benzene rings is 1. The van der Waals surface area contributed by atoms with Crippen LogP contribution in [0.25, 0.3) is 0 Å². The molecule has 154 valence electrons. The predicted octanol–water partition coefficient (Wildman–Crippen LogP) is 3.38. The third-order valence-corrected chi connectivity index (χ3v) is 6.74. The Kier molecular flexibility index (Phi) is 6.50. The number of nitrogens with one attached hydrogen (secondary N) is 2. The first-order valence-electron chi connectivity index (χ1n) is 10.2. The number of carbonyl (C=O) groups excluding carboxylic acids is 2. The van der Waals surface area contributed by atoms with Crippen molar-refractivity contribution in [2.24, 2.45) is 11.3 Å². The van der Waals surface area contributed by atoms with E-state index in [2.05, 4.69) is 16.7 Å². The molecule has 1 atom stereocenters. The summed E-state index contributed by atoms with van der Waals surface area (Å²) in [7, 11) is 0. The van der Waals surface area contributed by atoms with Crippen LogP contribution in [0.2, 0.25) is 0 Å². The quantitative estimate of drug-likeness (QED) is 0.805. The fourth-order valence-corrected chi connectivity index (χ4v) is 5.43. The van der Waals surface area contributed by atoms with Gasteiger partial charge in [0.05, 0.1) is 12.5 Å². The summed E-state index contributed by atoms with van der Waals surface area (Å²) in [5, 5.41) is 6.55. The van der Waals surface area contributed by atoms with Crippen LogP contribution in [-0.2, 0) is 9.53 Å². The molecular formula is C21H30ClN3O3. The van der Waals surface area contributed by atoms with Crippen LogP contribution >= 0.6 is 12.4 Å². The van der Waals surface area contributed by atoms with Crippen molar-refractivity contribution in [3.8, 4) is 0 Å². The van der Waals surface area contributed by atoms with Gasteiger partial charge in [-0.2, -0.15) is 0 Å². The highest BCUT2D eigenvalue weighted by atomic mass is 35.5. The van der Waals surface area contributed by atoms with E-state index in [9.17, 15) is 9.59 Å². The van der Waals surface area contributed by atoms with Crippen LogP contribution in [0.1, 0.15) is 44.1 Å². The van der Waals surface area contributed by atoms with Gasteiger partial charge in [-0.3, -0.25) is 4.79 Å². The minimum atomic E-state index is -0.229. The van der Waals surface area contributed by atoms with E-state index >= 15 is 0 Å². The molecule has 0 aromatic heterocycles. The van der Waals surface area contributed by atoms with Crippen LogP contribution in [0.5, 0.6) is 0 Å². The van der Waals surface area contributed by atoms with Crippen molar-refractivity contribution in [3.63, 3.8) is 0 Å². The molecule has 1 unspecified atom stereocenters. The minimum Gasteiger partial charge on any atom is -0.450 e. The highest BCUT2D eigenvalue weighted by molar-refractivity contribution is 6.03. The second kappa shape index (κ2) is 8.70. The zero-order valence-electron chi connectivity index (χ0n) is 16.4. The van der Waals surface area contributed by atoms with E-state index in [-0.39, 0.29) is 35.7 Å². The van der Waals surface area contributed by atoms with Crippen LogP contribution in [0, 0.1) is 11.3 Å². The Bertz CT molecular complexity index is 713. The molecule has 3 heterocycles. The summed E-state index contributed by atoms with van der Waals surface area (Å²) in [6.45, 7) is 5.56. The number of amides is 2. The summed E-state index contributed by atoms with van der Waals surface area (Å²) in [5.74, 6) is 0.491. The Hall–Kier alpha value is -1.79. The fraction of sp³-hybridized carbons (Fsp3) is 0.619. The van der Waals surface area contributed by atoms with E-state index < -0.39 is 0 Å². The molecule has 2 N–H and O–H groups in total. The van der Waals surface area contributed by atoms with Gasteiger partial charge in [0.25, 0.3) is 0 Å². The normalized spacial score (nSPS) is 24.1. The lowest BCUT2D eigenvalue weighted by Gasteiger charge is -2.50. The highest BCUT2D eigenvalue weighted by Gasteiger charge is 2.53. The van der Waals surface area contributed by atoms with Crippen molar-refractivity contribution in [1.29, 1.82) is 0 Å². The molecular weight excluding hydrogens is 378 g/mol. The van der Waals surface area contributed by atoms with E-state index in [0.29, 0.717) is 25.6 Å². The van der Waals surface area contributed by atoms with Gasteiger partial charge in [0.2, 0.25) is 5.91 Å². The van der Waals surface area contributed by atoms with Crippen molar-refractivity contribution >= 4 is 30.1 Å². The highest BCUT2D eigenvalue weighted by Crippen LogP contribution is 2.56. The summed E-state index contributed by atoms with van der Waals surface area (Å²) in [6.07, 6.45) is 3.65. The van der Waals surface area contributed by atoms with Gasteiger partial charge in [0.1, 0.15) is 0 Å². The lowest BCUT2D eigenvalue weighted by Crippen LogP contribution is -2.52. The summed E-state index contributed by atoms with van der Waals surface area (Å²) >= 11 is 0. The number of hydrogen-bond donors (Lipinski definition) is 2. The molecule has 3 aliphatic rings. The van der Waals surface area contributed by atoms with Gasteiger partial charge in [0, 0.05) is 18.8 Å². The molecule has 2 fully saturated rings. The number of fused-ring (bicyclic) bond motifs is 1. The van der Waals surface area contributed by atoms with Gasteiger partial charge >= 0.3 is 6.09 Å². The van der Waals surface area contributed by atoms with Gasteiger partial charge in [-0.25, -0.2) is 4.79 Å². The lowest BCUT2D eigenvalue weighted by molar-refractivity contribution is -0.123. The molecule has 0 spiro atoms. The van der Waals surface area contributed by atoms with Gasteiger partial charge in [0.15, 0.2) is 0 Å². The van der Waals surface area contributed by atoms with Crippen LogP contribution in [-0.4, -0.2) is 49.7 Å². The Morgan fingerprint density at radius 1 is 1.21 bits per heavy atom. The van der Waals surface area contributed by atoms with Crippen molar-refractivity contribution in [2.45, 2.75) is 38.5 Å². The largest absolute Gasteiger partial charge is 0.450 e. The molecule has 1 aromatic carbocycles. The van der Waals surface area contributed by atoms with E-state index in [0.717, 1.165) is 50.0 Å². The van der Waals surface area contributed by atoms with E-state index in [1.807, 2.05) is 30.0 Å². The first-order valence-corrected chi connectivity index (χ1v) is 10.2. The number of rotatable bonds is 3. The predicted molar refractivity (Wildman–Crippen MR) is 111 cm³/mol. The molecule has 28 heavy (non-hydrogen) atoms. The number of nitrogens with zero attached hydrogens (tertiary/aromatic N) is 1. The standard InChI is InChI=1S/C21H29N3O3.ClH/c1-2-27-20(26)24-13-9-21(10-14-24,15-7-11-22-12-8-15)18-16-5-3-4-6-17(16)23-19(18)25;/h3-6,15,18,22H,2,7-14H2,1H3,(H,23,25);1H.